The number of aromatic amines is 1. The molecule has 0 spiro atoms. The molecular weight excluding hydrogens is 585 g/mol. The van der Waals surface area contributed by atoms with Crippen molar-refractivity contribution >= 4 is 40.1 Å². The van der Waals surface area contributed by atoms with Crippen LogP contribution in [0.1, 0.15) is 39.9 Å². The number of piperazine rings is 1. The Bertz CT molecular complexity index is 1730. The number of nitrogens with zero attached hydrogens (tertiary/aromatic N) is 3. The number of aromatic nitrogens is 1. The van der Waals surface area contributed by atoms with Crippen LogP contribution in [0.5, 0.6) is 0 Å². The number of carbonyl (C=O) groups is 3. The molecule has 1 saturated heterocycles. The third kappa shape index (κ3) is 7.15. The molecule has 242 valence electrons. The first-order valence-corrected chi connectivity index (χ1v) is 15.5. The van der Waals surface area contributed by atoms with Crippen molar-refractivity contribution in [3.05, 3.63) is 94.9 Å². The summed E-state index contributed by atoms with van der Waals surface area (Å²) >= 11 is 0. The molecule has 2 atom stereocenters. The maximum absolute atomic E-state index is 14.2. The Morgan fingerprint density at radius 3 is 2.43 bits per heavy atom. The van der Waals surface area contributed by atoms with Gasteiger partial charge in [-0.1, -0.05) is 31.2 Å². The Kier molecular flexibility index (Phi) is 9.91. The zero-order chi connectivity index (χ0) is 33.0. The average Bonchev–Trinajstić information content (AvgIpc) is 3.47. The molecule has 2 heterocycles. The molecule has 4 N–H and O–H groups in total. The molecule has 4 aromatic rings. The molecule has 0 aliphatic carbocycles. The predicted octanol–water partition coefficient (Wildman–Crippen LogP) is 4.68. The summed E-state index contributed by atoms with van der Waals surface area (Å²) in [5.74, 6) is -1.46. The van der Waals surface area contributed by atoms with Crippen molar-refractivity contribution in [3.8, 4) is 0 Å². The van der Waals surface area contributed by atoms with Gasteiger partial charge in [-0.15, -0.1) is 0 Å². The first kappa shape index (κ1) is 32.5. The number of amides is 4. The number of benzene rings is 3. The van der Waals surface area contributed by atoms with Crippen LogP contribution in [0.2, 0.25) is 0 Å². The van der Waals surface area contributed by atoms with Crippen LogP contribution < -0.4 is 20.9 Å². The van der Waals surface area contributed by atoms with Gasteiger partial charge in [0.2, 0.25) is 5.91 Å². The third-order valence-corrected chi connectivity index (χ3v) is 8.55. The van der Waals surface area contributed by atoms with E-state index in [1.54, 1.807) is 30.1 Å². The summed E-state index contributed by atoms with van der Waals surface area (Å²) < 4.78 is 13.7. The van der Waals surface area contributed by atoms with Crippen molar-refractivity contribution < 1.29 is 18.8 Å². The lowest BCUT2D eigenvalue weighted by molar-refractivity contribution is -0.118. The molecule has 3 aromatic carbocycles. The molecule has 11 heteroatoms. The van der Waals surface area contributed by atoms with Crippen molar-refractivity contribution in [1.29, 1.82) is 0 Å². The highest BCUT2D eigenvalue weighted by Crippen LogP contribution is 2.29. The first-order chi connectivity index (χ1) is 22.0. The van der Waals surface area contributed by atoms with Crippen LogP contribution in [-0.2, 0) is 11.3 Å². The SMILES string of the molecule is CNC(=O)c1ccc(CN(C)C)cc1NC(=O)C(NC(=O)N1CCN(c2ccc(F)cc2C)CC1)C(C)c1c[nH]c2ccccc12. The van der Waals surface area contributed by atoms with Crippen LogP contribution in [0.15, 0.2) is 66.9 Å². The Balaban J connectivity index is 1.40. The number of halogens is 1. The van der Waals surface area contributed by atoms with Crippen molar-refractivity contribution in [2.75, 3.05) is 57.5 Å². The molecule has 46 heavy (non-hydrogen) atoms. The number of H-pyrrole nitrogens is 1. The minimum Gasteiger partial charge on any atom is -0.368 e. The van der Waals surface area contributed by atoms with E-state index in [0.29, 0.717) is 44.0 Å². The van der Waals surface area contributed by atoms with Gasteiger partial charge in [-0.3, -0.25) is 9.59 Å². The fourth-order valence-electron chi connectivity index (χ4n) is 6.12. The van der Waals surface area contributed by atoms with Gasteiger partial charge in [0.15, 0.2) is 0 Å². The number of anilines is 2. The van der Waals surface area contributed by atoms with Crippen LogP contribution in [0.3, 0.4) is 0 Å². The first-order valence-electron chi connectivity index (χ1n) is 15.5. The van der Waals surface area contributed by atoms with Gasteiger partial charge in [-0.05, 0) is 74.1 Å². The van der Waals surface area contributed by atoms with E-state index in [0.717, 1.165) is 33.3 Å². The lowest BCUT2D eigenvalue weighted by atomic mass is 9.92. The van der Waals surface area contributed by atoms with Crippen molar-refractivity contribution in [2.45, 2.75) is 32.4 Å². The monoisotopic (exact) mass is 627 g/mol. The highest BCUT2D eigenvalue weighted by molar-refractivity contribution is 6.06. The summed E-state index contributed by atoms with van der Waals surface area (Å²) in [6.07, 6.45) is 1.87. The zero-order valence-corrected chi connectivity index (χ0v) is 27.0. The smallest absolute Gasteiger partial charge is 0.318 e. The molecule has 0 saturated carbocycles. The van der Waals surface area contributed by atoms with Crippen LogP contribution in [0, 0.1) is 12.7 Å². The molecule has 2 unspecified atom stereocenters. The molecule has 10 nitrogen and oxygen atoms in total. The van der Waals surface area contributed by atoms with Gasteiger partial charge in [0.1, 0.15) is 11.9 Å². The summed E-state index contributed by atoms with van der Waals surface area (Å²) in [6, 6.07) is 16.6. The Morgan fingerprint density at radius 1 is 1.00 bits per heavy atom. The van der Waals surface area contributed by atoms with Crippen LogP contribution in [-0.4, -0.2) is 86.0 Å². The maximum atomic E-state index is 14.2. The molecule has 1 aliphatic heterocycles. The highest BCUT2D eigenvalue weighted by Gasteiger charge is 2.33. The van der Waals surface area contributed by atoms with Gasteiger partial charge in [-0.25, -0.2) is 9.18 Å². The van der Waals surface area contributed by atoms with Gasteiger partial charge < -0.3 is 35.6 Å². The predicted molar refractivity (Wildman–Crippen MR) is 180 cm³/mol. The summed E-state index contributed by atoms with van der Waals surface area (Å²) in [7, 11) is 5.43. The second-order valence-corrected chi connectivity index (χ2v) is 12.1. The number of fused-ring (bicyclic) bond motifs is 1. The summed E-state index contributed by atoms with van der Waals surface area (Å²) in [5, 5.41) is 9.61. The van der Waals surface area contributed by atoms with Gasteiger partial charge in [0, 0.05) is 68.5 Å². The van der Waals surface area contributed by atoms with E-state index in [2.05, 4.69) is 25.8 Å². The Hall–Kier alpha value is -4.90. The molecule has 1 fully saturated rings. The number of rotatable bonds is 9. The van der Waals surface area contributed by atoms with Crippen molar-refractivity contribution in [2.24, 2.45) is 0 Å². The Labute approximate surface area is 268 Å². The molecule has 0 radical (unpaired) electrons. The number of hydrogen-bond donors (Lipinski definition) is 4. The average molecular weight is 628 g/mol. The quantitative estimate of drug-likeness (QED) is 0.215. The second-order valence-electron chi connectivity index (χ2n) is 12.1. The standard InChI is InChI=1S/C35H42FN7O3/c1-22-18-25(36)11-13-31(22)42-14-16-43(17-15-42)35(46)40-32(23(2)28-20-38-29-9-7-6-8-26(28)29)34(45)39-30-19-24(21-41(4)5)10-12-27(30)33(44)37-3/h6-13,18-20,23,32,38H,14-17,21H2,1-5H3,(H,37,44)(H,39,45)(H,40,46). The molecule has 1 aromatic heterocycles. The van der Waals surface area contributed by atoms with Gasteiger partial charge in [0.25, 0.3) is 5.91 Å². The van der Waals surface area contributed by atoms with Gasteiger partial charge in [-0.2, -0.15) is 0 Å². The van der Waals surface area contributed by atoms with E-state index < -0.39 is 17.9 Å². The number of para-hydroxylation sites is 1. The second kappa shape index (κ2) is 14.0. The van der Waals surface area contributed by atoms with E-state index in [4.69, 9.17) is 0 Å². The number of urea groups is 1. The molecular formula is C35H42FN7O3. The van der Waals surface area contributed by atoms with Crippen LogP contribution in [0.4, 0.5) is 20.6 Å². The minimum absolute atomic E-state index is 0.278. The fourth-order valence-corrected chi connectivity index (χ4v) is 6.12. The van der Waals surface area contributed by atoms with E-state index in [9.17, 15) is 18.8 Å². The lowest BCUT2D eigenvalue weighted by Crippen LogP contribution is -2.56. The summed E-state index contributed by atoms with van der Waals surface area (Å²) in [5.41, 5.74) is 5.23. The Morgan fingerprint density at radius 2 is 1.74 bits per heavy atom. The van der Waals surface area contributed by atoms with Crippen molar-refractivity contribution in [3.63, 3.8) is 0 Å². The lowest BCUT2D eigenvalue weighted by Gasteiger charge is -2.37. The summed E-state index contributed by atoms with van der Waals surface area (Å²) in [4.78, 5) is 49.8. The number of carbonyl (C=O) groups excluding carboxylic acids is 3. The van der Waals surface area contributed by atoms with Gasteiger partial charge in [0.05, 0.1) is 11.3 Å². The van der Waals surface area contributed by atoms with Crippen LogP contribution >= 0.6 is 0 Å². The third-order valence-electron chi connectivity index (χ3n) is 8.55. The van der Waals surface area contributed by atoms with Gasteiger partial charge >= 0.3 is 6.03 Å². The highest BCUT2D eigenvalue weighted by atomic mass is 19.1. The van der Waals surface area contributed by atoms with E-state index in [-0.39, 0.29) is 17.8 Å². The van der Waals surface area contributed by atoms with Crippen LogP contribution in [0.25, 0.3) is 10.9 Å². The summed E-state index contributed by atoms with van der Waals surface area (Å²) in [6.45, 7) is 6.42. The number of aryl methyl sites for hydroxylation is 1. The minimum atomic E-state index is -0.959. The molecule has 4 amide bonds. The van der Waals surface area contributed by atoms with E-state index in [1.807, 2.05) is 69.4 Å². The fraction of sp³-hybridized carbons (Fsp3) is 0.343. The van der Waals surface area contributed by atoms with Crippen molar-refractivity contribution in [1.82, 2.24) is 25.4 Å². The van der Waals surface area contributed by atoms with E-state index in [1.165, 1.54) is 12.1 Å². The largest absolute Gasteiger partial charge is 0.368 e. The maximum Gasteiger partial charge on any atom is 0.318 e. The molecule has 0 bridgehead atoms. The number of hydrogen-bond acceptors (Lipinski definition) is 5. The molecule has 5 rings (SSSR count). The van der Waals surface area contributed by atoms with E-state index >= 15 is 0 Å². The number of nitrogens with one attached hydrogen (secondary N) is 4. The normalized spacial score (nSPS) is 14.7. The zero-order valence-electron chi connectivity index (χ0n) is 27.0. The molecule has 1 aliphatic rings. The topological polar surface area (TPSA) is 113 Å².